The molecule has 2 rings (SSSR count). The molecule has 1 saturated heterocycles. The zero-order valence-corrected chi connectivity index (χ0v) is 11.9. The molecule has 1 amide bonds. The average Bonchev–Trinajstić information content (AvgIpc) is 3.03. The summed E-state index contributed by atoms with van der Waals surface area (Å²) in [5.41, 5.74) is 5.32. The lowest BCUT2D eigenvalue weighted by Crippen LogP contribution is -2.37. The van der Waals surface area contributed by atoms with Gasteiger partial charge in [-0.05, 0) is 38.6 Å². The van der Waals surface area contributed by atoms with Gasteiger partial charge in [-0.1, -0.05) is 11.8 Å². The van der Waals surface area contributed by atoms with Crippen molar-refractivity contribution in [3.63, 3.8) is 0 Å². The fourth-order valence-corrected chi connectivity index (χ4v) is 3.00. The maximum atomic E-state index is 12.0. The minimum absolute atomic E-state index is 0.00824. The predicted molar refractivity (Wildman–Crippen MR) is 78.2 cm³/mol. The van der Waals surface area contributed by atoms with E-state index in [0.717, 1.165) is 24.4 Å². The Bertz CT molecular complexity index is 500. The van der Waals surface area contributed by atoms with Crippen LogP contribution < -0.4 is 11.1 Å². The van der Waals surface area contributed by atoms with Gasteiger partial charge >= 0.3 is 0 Å². The third-order valence-corrected chi connectivity index (χ3v) is 4.31. The number of hydrogen-bond acceptors (Lipinski definition) is 4. The third kappa shape index (κ3) is 3.80. The van der Waals surface area contributed by atoms with Crippen LogP contribution in [0.2, 0.25) is 0 Å². The number of amides is 1. The molecular formula is C14H19N3OS. The summed E-state index contributed by atoms with van der Waals surface area (Å²) in [4.78, 5) is 15.9. The van der Waals surface area contributed by atoms with Gasteiger partial charge in [-0.25, -0.2) is 0 Å². The van der Waals surface area contributed by atoms with E-state index in [1.165, 1.54) is 17.8 Å². The highest BCUT2D eigenvalue weighted by Crippen LogP contribution is 2.16. The second-order valence-electron chi connectivity index (χ2n) is 4.66. The Labute approximate surface area is 118 Å². The first-order valence-electron chi connectivity index (χ1n) is 6.48. The minimum atomic E-state index is -0.00824. The Hall–Kier alpha value is -1.35. The van der Waals surface area contributed by atoms with Gasteiger partial charge in [0.15, 0.2) is 0 Å². The molecule has 0 aliphatic carbocycles. The van der Waals surface area contributed by atoms with Crippen molar-refractivity contribution < 1.29 is 4.79 Å². The maximum Gasteiger partial charge on any atom is 0.261 e. The molecule has 0 bridgehead atoms. The van der Waals surface area contributed by atoms with Crippen molar-refractivity contribution in [1.29, 1.82) is 0 Å². The first kappa shape index (κ1) is 14.1. The van der Waals surface area contributed by atoms with Crippen LogP contribution in [0, 0.1) is 11.8 Å². The number of hydrogen-bond donors (Lipinski definition) is 2. The van der Waals surface area contributed by atoms with Crippen LogP contribution in [0.1, 0.15) is 27.4 Å². The summed E-state index contributed by atoms with van der Waals surface area (Å²) in [5.74, 6) is 5.72. The number of nitrogens with two attached hydrogens (primary N) is 1. The highest BCUT2D eigenvalue weighted by atomic mass is 32.1. The van der Waals surface area contributed by atoms with Crippen molar-refractivity contribution in [2.24, 2.45) is 5.73 Å². The third-order valence-electron chi connectivity index (χ3n) is 3.31. The summed E-state index contributed by atoms with van der Waals surface area (Å²) >= 11 is 1.41. The summed E-state index contributed by atoms with van der Waals surface area (Å²) in [6.07, 6.45) is 2.38. The van der Waals surface area contributed by atoms with E-state index in [0.29, 0.717) is 17.5 Å². The van der Waals surface area contributed by atoms with Gasteiger partial charge in [0, 0.05) is 12.6 Å². The lowest BCUT2D eigenvalue weighted by Gasteiger charge is -2.19. The van der Waals surface area contributed by atoms with Crippen LogP contribution in [0.3, 0.4) is 0 Å². The van der Waals surface area contributed by atoms with Crippen LogP contribution >= 0.6 is 11.3 Å². The van der Waals surface area contributed by atoms with Crippen LogP contribution in [0.5, 0.6) is 0 Å². The van der Waals surface area contributed by atoms with Crippen LogP contribution in [0.4, 0.5) is 0 Å². The molecule has 1 atom stereocenters. The van der Waals surface area contributed by atoms with Gasteiger partial charge in [0.05, 0.1) is 16.3 Å². The largest absolute Gasteiger partial charge is 0.350 e. The maximum absolute atomic E-state index is 12.0. The van der Waals surface area contributed by atoms with E-state index >= 15 is 0 Å². The molecule has 1 unspecified atom stereocenters. The quantitative estimate of drug-likeness (QED) is 0.807. The second-order valence-corrected chi connectivity index (χ2v) is 5.74. The molecule has 102 valence electrons. The molecule has 1 fully saturated rings. The summed E-state index contributed by atoms with van der Waals surface area (Å²) in [7, 11) is 2.11. The van der Waals surface area contributed by atoms with Crippen LogP contribution in [-0.4, -0.2) is 43.5 Å². The number of nitrogens with zero attached hydrogens (tertiary/aromatic N) is 1. The van der Waals surface area contributed by atoms with Gasteiger partial charge in [0.2, 0.25) is 0 Å². The SMILES string of the molecule is CN1CCCC1CNC(=O)c1ccc(C#CCN)s1. The van der Waals surface area contributed by atoms with Crippen LogP contribution in [0.15, 0.2) is 12.1 Å². The number of carbonyl (C=O) groups excluding carboxylic acids is 1. The lowest BCUT2D eigenvalue weighted by atomic mass is 10.2. The molecular weight excluding hydrogens is 258 g/mol. The van der Waals surface area contributed by atoms with Crippen molar-refractivity contribution in [2.45, 2.75) is 18.9 Å². The molecule has 1 aromatic heterocycles. The topological polar surface area (TPSA) is 58.4 Å². The van der Waals surface area contributed by atoms with Crippen molar-refractivity contribution in [2.75, 3.05) is 26.7 Å². The number of likely N-dealkylation sites (tertiary alicyclic amines) is 1. The van der Waals surface area contributed by atoms with Crippen LogP contribution in [0.25, 0.3) is 0 Å². The number of nitrogens with one attached hydrogen (secondary N) is 1. The molecule has 3 N–H and O–H groups in total. The predicted octanol–water partition coefficient (Wildman–Crippen LogP) is 0.882. The molecule has 0 radical (unpaired) electrons. The Morgan fingerprint density at radius 2 is 2.47 bits per heavy atom. The van der Waals surface area contributed by atoms with Crippen molar-refractivity contribution in [3.8, 4) is 11.8 Å². The van der Waals surface area contributed by atoms with E-state index in [-0.39, 0.29) is 5.91 Å². The summed E-state index contributed by atoms with van der Waals surface area (Å²) in [6.45, 7) is 2.18. The standard InChI is InChI=1S/C14H19N3OS/c1-17-9-3-4-11(17)10-16-14(18)13-7-6-12(19-13)5-2-8-15/h6-7,11H,3-4,8-10,15H2,1H3,(H,16,18). The van der Waals surface area contributed by atoms with Crippen molar-refractivity contribution in [3.05, 3.63) is 21.9 Å². The Morgan fingerprint density at radius 3 is 3.16 bits per heavy atom. The number of carbonyl (C=O) groups is 1. The first-order chi connectivity index (χ1) is 9.20. The number of rotatable bonds is 3. The zero-order valence-electron chi connectivity index (χ0n) is 11.1. The molecule has 1 aliphatic heterocycles. The average molecular weight is 277 g/mol. The first-order valence-corrected chi connectivity index (χ1v) is 7.29. The highest BCUT2D eigenvalue weighted by Gasteiger charge is 2.21. The molecule has 0 saturated carbocycles. The van der Waals surface area contributed by atoms with Gasteiger partial charge < -0.3 is 16.0 Å². The van der Waals surface area contributed by atoms with Gasteiger partial charge in [-0.3, -0.25) is 4.79 Å². The molecule has 19 heavy (non-hydrogen) atoms. The molecule has 0 aromatic carbocycles. The smallest absolute Gasteiger partial charge is 0.261 e. The number of thiophene rings is 1. The molecule has 1 aromatic rings. The molecule has 5 heteroatoms. The van der Waals surface area contributed by atoms with Crippen molar-refractivity contribution in [1.82, 2.24) is 10.2 Å². The Balaban J connectivity index is 1.87. The van der Waals surface area contributed by atoms with Gasteiger partial charge in [-0.2, -0.15) is 0 Å². The minimum Gasteiger partial charge on any atom is -0.350 e. The van der Waals surface area contributed by atoms with E-state index in [4.69, 9.17) is 5.73 Å². The van der Waals surface area contributed by atoms with E-state index in [1.807, 2.05) is 12.1 Å². The van der Waals surface area contributed by atoms with E-state index in [2.05, 4.69) is 29.1 Å². The second kappa shape index (κ2) is 6.71. The highest BCUT2D eigenvalue weighted by molar-refractivity contribution is 7.14. The van der Waals surface area contributed by atoms with Gasteiger partial charge in [-0.15, -0.1) is 11.3 Å². The fourth-order valence-electron chi connectivity index (χ4n) is 2.20. The summed E-state index contributed by atoms with van der Waals surface area (Å²) < 4.78 is 0. The van der Waals surface area contributed by atoms with Crippen molar-refractivity contribution >= 4 is 17.2 Å². The molecule has 1 aliphatic rings. The van der Waals surface area contributed by atoms with Gasteiger partial charge in [0.1, 0.15) is 0 Å². The normalized spacial score (nSPS) is 18.9. The number of likely N-dealkylation sites (N-methyl/N-ethyl adjacent to an activating group) is 1. The monoisotopic (exact) mass is 277 g/mol. The zero-order chi connectivity index (χ0) is 13.7. The lowest BCUT2D eigenvalue weighted by molar-refractivity contribution is 0.0947. The van der Waals surface area contributed by atoms with Crippen LogP contribution in [-0.2, 0) is 0 Å². The fraction of sp³-hybridized carbons (Fsp3) is 0.500. The van der Waals surface area contributed by atoms with Gasteiger partial charge in [0.25, 0.3) is 5.91 Å². The molecule has 4 nitrogen and oxygen atoms in total. The van der Waals surface area contributed by atoms with E-state index in [9.17, 15) is 4.79 Å². The Morgan fingerprint density at radius 1 is 1.63 bits per heavy atom. The van der Waals surface area contributed by atoms with E-state index in [1.54, 1.807) is 0 Å². The summed E-state index contributed by atoms with van der Waals surface area (Å²) in [5, 5.41) is 3.00. The Kier molecular flexibility index (Phi) is 4.97. The summed E-state index contributed by atoms with van der Waals surface area (Å²) in [6, 6.07) is 4.16. The van der Waals surface area contributed by atoms with E-state index < -0.39 is 0 Å². The molecule has 0 spiro atoms. The molecule has 2 heterocycles.